The number of rotatable bonds is 4. The molecule has 1 nitrogen and oxygen atoms in total. The molecule has 0 aliphatic rings. The van der Waals surface area contributed by atoms with Gasteiger partial charge in [0.1, 0.15) is 0 Å². The quantitative estimate of drug-likeness (QED) is 0.662. The average molecular weight is 214 g/mol. The molecule has 0 saturated carbocycles. The molecule has 92 valence electrons. The van der Waals surface area contributed by atoms with Crippen LogP contribution in [0.3, 0.4) is 0 Å². The summed E-state index contributed by atoms with van der Waals surface area (Å²) in [6.45, 7) is 18.0. The molecule has 0 saturated heterocycles. The maximum Gasteiger partial charge on any atom is 0.0555 e. The predicted molar refractivity (Wildman–Crippen MR) is 68.2 cm³/mol. The Morgan fingerprint density at radius 2 is 1.00 bits per heavy atom. The van der Waals surface area contributed by atoms with Gasteiger partial charge in [0, 0.05) is 0 Å². The Balaban J connectivity index is 3.92. The Bertz CT molecular complexity index is 151. The van der Waals surface area contributed by atoms with Crippen molar-refractivity contribution in [2.24, 2.45) is 10.8 Å². The molecule has 0 N–H and O–H groups in total. The lowest BCUT2D eigenvalue weighted by Crippen LogP contribution is -2.25. The van der Waals surface area contributed by atoms with Crippen molar-refractivity contribution in [1.82, 2.24) is 0 Å². The number of hydrogen-bond acceptors (Lipinski definition) is 1. The summed E-state index contributed by atoms with van der Waals surface area (Å²) in [5, 5.41) is 0. The molecule has 0 aliphatic carbocycles. The Labute approximate surface area is 96.6 Å². The van der Waals surface area contributed by atoms with E-state index in [0.29, 0.717) is 23.0 Å². The summed E-state index contributed by atoms with van der Waals surface area (Å²) in [4.78, 5) is 0. The van der Waals surface area contributed by atoms with Crippen LogP contribution in [-0.2, 0) is 4.74 Å². The SMILES string of the molecule is CC(CC(C)(C)C)OC(C)CC(C)(C)C. The molecule has 1 heteroatoms. The normalized spacial score (nSPS) is 17.6. The smallest absolute Gasteiger partial charge is 0.0555 e. The van der Waals surface area contributed by atoms with Gasteiger partial charge in [-0.05, 0) is 37.5 Å². The summed E-state index contributed by atoms with van der Waals surface area (Å²) in [5.74, 6) is 0. The van der Waals surface area contributed by atoms with E-state index < -0.39 is 0 Å². The maximum absolute atomic E-state index is 6.00. The van der Waals surface area contributed by atoms with Crippen LogP contribution in [0.4, 0.5) is 0 Å². The molecule has 0 spiro atoms. The van der Waals surface area contributed by atoms with Crippen molar-refractivity contribution < 1.29 is 4.74 Å². The second kappa shape index (κ2) is 5.34. The summed E-state index contributed by atoms with van der Waals surface area (Å²) in [7, 11) is 0. The summed E-state index contributed by atoms with van der Waals surface area (Å²) < 4.78 is 6.00. The Morgan fingerprint density at radius 3 is 1.20 bits per heavy atom. The van der Waals surface area contributed by atoms with Gasteiger partial charge in [0.25, 0.3) is 0 Å². The van der Waals surface area contributed by atoms with Crippen LogP contribution in [0.1, 0.15) is 68.2 Å². The molecule has 15 heavy (non-hydrogen) atoms. The molecular formula is C14H30O. The fourth-order valence-electron chi connectivity index (χ4n) is 2.22. The van der Waals surface area contributed by atoms with Gasteiger partial charge in [-0.1, -0.05) is 41.5 Å². The summed E-state index contributed by atoms with van der Waals surface area (Å²) in [6, 6.07) is 0. The molecule has 0 aromatic carbocycles. The van der Waals surface area contributed by atoms with Crippen LogP contribution in [0, 0.1) is 10.8 Å². The van der Waals surface area contributed by atoms with Crippen molar-refractivity contribution in [3.8, 4) is 0 Å². The maximum atomic E-state index is 6.00. The number of ether oxygens (including phenoxy) is 1. The van der Waals surface area contributed by atoms with Crippen molar-refractivity contribution in [2.75, 3.05) is 0 Å². The van der Waals surface area contributed by atoms with Gasteiger partial charge >= 0.3 is 0 Å². The first-order chi connectivity index (χ1) is 6.49. The average Bonchev–Trinajstić information content (AvgIpc) is 1.73. The summed E-state index contributed by atoms with van der Waals surface area (Å²) >= 11 is 0. The second-order valence-corrected chi connectivity index (χ2v) is 7.29. The van der Waals surface area contributed by atoms with E-state index in [2.05, 4.69) is 55.4 Å². The van der Waals surface area contributed by atoms with Gasteiger partial charge in [-0.25, -0.2) is 0 Å². The van der Waals surface area contributed by atoms with Crippen molar-refractivity contribution >= 4 is 0 Å². The Morgan fingerprint density at radius 1 is 0.733 bits per heavy atom. The third-order valence-electron chi connectivity index (χ3n) is 2.26. The zero-order valence-electron chi connectivity index (χ0n) is 12.0. The minimum absolute atomic E-state index is 0.362. The van der Waals surface area contributed by atoms with Crippen LogP contribution in [-0.4, -0.2) is 12.2 Å². The third kappa shape index (κ3) is 10.2. The van der Waals surface area contributed by atoms with Gasteiger partial charge in [0.05, 0.1) is 12.2 Å². The first-order valence-electron chi connectivity index (χ1n) is 6.15. The van der Waals surface area contributed by atoms with Gasteiger partial charge in [-0.2, -0.15) is 0 Å². The summed E-state index contributed by atoms with van der Waals surface area (Å²) in [6.07, 6.45) is 2.98. The molecule has 0 amide bonds. The van der Waals surface area contributed by atoms with Crippen molar-refractivity contribution in [3.63, 3.8) is 0 Å². The first-order valence-corrected chi connectivity index (χ1v) is 6.15. The third-order valence-corrected chi connectivity index (χ3v) is 2.26. The van der Waals surface area contributed by atoms with Crippen LogP contribution < -0.4 is 0 Å². The van der Waals surface area contributed by atoms with Gasteiger partial charge in [-0.3, -0.25) is 0 Å². The predicted octanol–water partition coefficient (Wildman–Crippen LogP) is 4.65. The molecule has 0 bridgehead atoms. The highest BCUT2D eigenvalue weighted by Crippen LogP contribution is 2.26. The molecule has 0 aromatic rings. The van der Waals surface area contributed by atoms with E-state index >= 15 is 0 Å². The molecule has 0 rings (SSSR count). The van der Waals surface area contributed by atoms with Gasteiger partial charge in [0.2, 0.25) is 0 Å². The lowest BCUT2D eigenvalue weighted by molar-refractivity contribution is -0.0282. The minimum Gasteiger partial charge on any atom is -0.376 e. The van der Waals surface area contributed by atoms with E-state index in [4.69, 9.17) is 4.74 Å². The number of hydrogen-bond donors (Lipinski definition) is 0. The Kier molecular flexibility index (Phi) is 5.32. The largest absolute Gasteiger partial charge is 0.376 e. The van der Waals surface area contributed by atoms with Crippen LogP contribution >= 0.6 is 0 Å². The van der Waals surface area contributed by atoms with E-state index in [9.17, 15) is 0 Å². The van der Waals surface area contributed by atoms with Crippen molar-refractivity contribution in [2.45, 2.75) is 80.4 Å². The highest BCUT2D eigenvalue weighted by atomic mass is 16.5. The fourth-order valence-corrected chi connectivity index (χ4v) is 2.22. The molecule has 0 aliphatic heterocycles. The standard InChI is InChI=1S/C14H30O/c1-11(9-13(3,4)5)15-12(2)10-14(6,7)8/h11-12H,9-10H2,1-8H3. The van der Waals surface area contributed by atoms with Crippen molar-refractivity contribution in [1.29, 1.82) is 0 Å². The first kappa shape index (κ1) is 15.0. The molecule has 2 unspecified atom stereocenters. The van der Waals surface area contributed by atoms with E-state index in [1.165, 1.54) is 0 Å². The molecule has 0 radical (unpaired) electrons. The van der Waals surface area contributed by atoms with Crippen molar-refractivity contribution in [3.05, 3.63) is 0 Å². The topological polar surface area (TPSA) is 9.23 Å². The van der Waals surface area contributed by atoms with E-state index in [0.717, 1.165) is 12.8 Å². The van der Waals surface area contributed by atoms with Crippen LogP contribution in [0.2, 0.25) is 0 Å². The molecular weight excluding hydrogens is 184 g/mol. The lowest BCUT2D eigenvalue weighted by Gasteiger charge is -2.29. The monoisotopic (exact) mass is 214 g/mol. The van der Waals surface area contributed by atoms with Gasteiger partial charge in [0.15, 0.2) is 0 Å². The zero-order valence-corrected chi connectivity index (χ0v) is 12.0. The lowest BCUT2D eigenvalue weighted by atomic mass is 9.88. The molecule has 0 aromatic heterocycles. The van der Waals surface area contributed by atoms with Gasteiger partial charge < -0.3 is 4.74 Å². The minimum atomic E-state index is 0.362. The molecule has 2 atom stereocenters. The van der Waals surface area contributed by atoms with Crippen LogP contribution in [0.25, 0.3) is 0 Å². The molecule has 0 fully saturated rings. The fraction of sp³-hybridized carbons (Fsp3) is 1.00. The van der Waals surface area contributed by atoms with E-state index in [-0.39, 0.29) is 0 Å². The highest BCUT2D eigenvalue weighted by Gasteiger charge is 2.20. The Hall–Kier alpha value is -0.0400. The zero-order chi connectivity index (χ0) is 12.3. The molecule has 0 heterocycles. The van der Waals surface area contributed by atoms with Crippen LogP contribution in [0.15, 0.2) is 0 Å². The summed E-state index contributed by atoms with van der Waals surface area (Å²) in [5.41, 5.74) is 0.724. The van der Waals surface area contributed by atoms with E-state index in [1.54, 1.807) is 0 Å². The second-order valence-electron chi connectivity index (χ2n) is 7.29. The highest BCUT2D eigenvalue weighted by molar-refractivity contribution is 4.70. The van der Waals surface area contributed by atoms with Crippen LogP contribution in [0.5, 0.6) is 0 Å². The van der Waals surface area contributed by atoms with E-state index in [1.807, 2.05) is 0 Å². The van der Waals surface area contributed by atoms with Gasteiger partial charge in [-0.15, -0.1) is 0 Å².